The van der Waals surface area contributed by atoms with Crippen molar-refractivity contribution in [3.63, 3.8) is 0 Å². The Morgan fingerprint density at radius 1 is 0.946 bits per heavy atom. The fourth-order valence-corrected chi connectivity index (χ4v) is 4.33. The monoisotopic (exact) mass is 495 g/mol. The van der Waals surface area contributed by atoms with Gasteiger partial charge >= 0.3 is 5.97 Å². The van der Waals surface area contributed by atoms with Crippen LogP contribution in [0.25, 0.3) is 5.69 Å². The molecule has 0 aliphatic carbocycles. The number of hydrazone groups is 1. The van der Waals surface area contributed by atoms with Gasteiger partial charge in [0.1, 0.15) is 0 Å². The summed E-state index contributed by atoms with van der Waals surface area (Å²) in [5.41, 5.74) is 5.34. The first-order valence-corrected chi connectivity index (χ1v) is 12.0. The van der Waals surface area contributed by atoms with Crippen LogP contribution in [0.1, 0.15) is 45.4 Å². The average molecular weight is 496 g/mol. The van der Waals surface area contributed by atoms with Crippen LogP contribution in [0.2, 0.25) is 0 Å². The lowest BCUT2D eigenvalue weighted by Crippen LogP contribution is -2.43. The molecule has 7 nitrogen and oxygen atoms in total. The highest BCUT2D eigenvalue weighted by molar-refractivity contribution is 5.92. The molecule has 7 heteroatoms. The number of esters is 1. The number of ether oxygens (including phenoxy) is 1. The van der Waals surface area contributed by atoms with Gasteiger partial charge in [-0.25, -0.2) is 10.2 Å². The molecule has 4 rings (SSSR count). The number of hydrogen-bond acceptors (Lipinski definition) is 5. The molecular formula is C30H29N3O4. The Hall–Kier alpha value is -4.49. The number of carbonyl (C=O) groups is 2. The summed E-state index contributed by atoms with van der Waals surface area (Å²) < 4.78 is 7.12. The lowest BCUT2D eigenvalue weighted by Gasteiger charge is -2.27. The summed E-state index contributed by atoms with van der Waals surface area (Å²) >= 11 is 0. The van der Waals surface area contributed by atoms with E-state index in [1.807, 2.05) is 48.7 Å². The van der Waals surface area contributed by atoms with Crippen LogP contribution in [-0.4, -0.2) is 34.4 Å². The Labute approximate surface area is 216 Å². The normalized spacial score (nSPS) is 11.5. The minimum absolute atomic E-state index is 0.306. The molecule has 0 aliphatic heterocycles. The molecule has 0 aliphatic rings. The molecule has 0 radical (unpaired) electrons. The fraction of sp³-hybridized carbons (Fsp3) is 0.167. The van der Waals surface area contributed by atoms with E-state index >= 15 is 0 Å². The van der Waals surface area contributed by atoms with E-state index in [4.69, 9.17) is 4.74 Å². The van der Waals surface area contributed by atoms with Crippen molar-refractivity contribution in [2.24, 2.45) is 5.10 Å². The van der Waals surface area contributed by atoms with Crippen molar-refractivity contribution in [2.45, 2.75) is 26.4 Å². The molecule has 1 aromatic heterocycles. The molecule has 0 saturated carbocycles. The van der Waals surface area contributed by atoms with Crippen LogP contribution < -0.4 is 5.43 Å². The molecule has 0 bridgehead atoms. The molecule has 0 spiro atoms. The maximum absolute atomic E-state index is 13.3. The number of nitrogens with zero attached hydrogens (tertiary/aromatic N) is 2. The number of benzene rings is 3. The molecule has 4 aromatic rings. The Morgan fingerprint density at radius 2 is 1.57 bits per heavy atom. The maximum atomic E-state index is 13.3. The van der Waals surface area contributed by atoms with Gasteiger partial charge in [0.05, 0.1) is 18.4 Å². The summed E-state index contributed by atoms with van der Waals surface area (Å²) in [5.74, 6) is -1.04. The topological polar surface area (TPSA) is 92.9 Å². The van der Waals surface area contributed by atoms with Crippen LogP contribution in [0.3, 0.4) is 0 Å². The van der Waals surface area contributed by atoms with Crippen molar-refractivity contribution in [1.82, 2.24) is 9.99 Å². The quantitative estimate of drug-likeness (QED) is 0.211. The van der Waals surface area contributed by atoms with Crippen LogP contribution in [0, 0.1) is 13.8 Å². The van der Waals surface area contributed by atoms with Gasteiger partial charge in [0, 0.05) is 22.6 Å². The van der Waals surface area contributed by atoms with Crippen molar-refractivity contribution in [2.75, 3.05) is 6.61 Å². The van der Waals surface area contributed by atoms with Gasteiger partial charge in [-0.2, -0.15) is 5.10 Å². The van der Waals surface area contributed by atoms with E-state index < -0.39 is 11.5 Å². The molecule has 3 aromatic carbocycles. The van der Waals surface area contributed by atoms with Crippen molar-refractivity contribution in [3.05, 3.63) is 125 Å². The van der Waals surface area contributed by atoms with Gasteiger partial charge in [-0.3, -0.25) is 4.79 Å². The van der Waals surface area contributed by atoms with Crippen LogP contribution in [0.5, 0.6) is 0 Å². The Bertz CT molecular complexity index is 1390. The Morgan fingerprint density at radius 3 is 2.16 bits per heavy atom. The number of nitrogens with one attached hydrogen (secondary N) is 1. The number of rotatable bonds is 8. The third-order valence-corrected chi connectivity index (χ3v) is 6.17. The molecule has 0 atom stereocenters. The molecule has 2 N–H and O–H groups in total. The fourth-order valence-electron chi connectivity index (χ4n) is 4.33. The van der Waals surface area contributed by atoms with Gasteiger partial charge < -0.3 is 14.4 Å². The number of amides is 1. The zero-order valence-electron chi connectivity index (χ0n) is 21.0. The van der Waals surface area contributed by atoms with E-state index in [2.05, 4.69) is 10.5 Å². The van der Waals surface area contributed by atoms with E-state index in [9.17, 15) is 14.7 Å². The van der Waals surface area contributed by atoms with E-state index in [-0.39, 0.29) is 5.97 Å². The van der Waals surface area contributed by atoms with E-state index in [0.29, 0.717) is 23.3 Å². The highest BCUT2D eigenvalue weighted by Gasteiger charge is 2.39. The first-order chi connectivity index (χ1) is 17.9. The number of aliphatic hydroxyl groups is 1. The first kappa shape index (κ1) is 25.6. The van der Waals surface area contributed by atoms with Gasteiger partial charge in [-0.15, -0.1) is 0 Å². The van der Waals surface area contributed by atoms with Gasteiger partial charge in [0.2, 0.25) is 0 Å². The van der Waals surface area contributed by atoms with E-state index in [1.54, 1.807) is 73.8 Å². The predicted octanol–water partition coefficient (Wildman–Crippen LogP) is 4.66. The summed E-state index contributed by atoms with van der Waals surface area (Å²) in [6, 6.07) is 26.7. The first-order valence-electron chi connectivity index (χ1n) is 12.0. The zero-order chi connectivity index (χ0) is 26.4. The Balaban J connectivity index is 1.60. The number of aryl methyl sites for hydroxylation is 1. The smallest absolute Gasteiger partial charge is 0.338 e. The predicted molar refractivity (Wildman–Crippen MR) is 143 cm³/mol. The zero-order valence-corrected chi connectivity index (χ0v) is 21.0. The summed E-state index contributed by atoms with van der Waals surface area (Å²) in [7, 11) is 0. The summed E-state index contributed by atoms with van der Waals surface area (Å²) in [6.07, 6.45) is 1.54. The van der Waals surface area contributed by atoms with Crippen LogP contribution in [-0.2, 0) is 15.1 Å². The van der Waals surface area contributed by atoms with Gasteiger partial charge in [0.25, 0.3) is 5.91 Å². The average Bonchev–Trinajstić information content (AvgIpc) is 3.21. The third kappa shape index (κ3) is 5.22. The standard InChI is InChI=1S/C30H29N3O4/c1-4-37-28(34)23-12-11-17-27(19-23)33-21(2)18-24(22(33)3)20-31-32-29(35)30(36,25-13-7-5-8-14-25)26-15-9-6-10-16-26/h5-20,36H,4H2,1-3H3,(H,32,35)/b31-20+. The van der Waals surface area contributed by atoms with E-state index in [0.717, 1.165) is 22.6 Å². The highest BCUT2D eigenvalue weighted by atomic mass is 16.5. The maximum Gasteiger partial charge on any atom is 0.338 e. The SMILES string of the molecule is CCOC(=O)c1cccc(-n2c(C)cc(/C=N/NC(=O)C(O)(c3ccccc3)c3ccccc3)c2C)c1. The van der Waals surface area contributed by atoms with Crippen LogP contribution in [0.15, 0.2) is 96.1 Å². The summed E-state index contributed by atoms with van der Waals surface area (Å²) in [6.45, 7) is 5.95. The molecule has 1 amide bonds. The molecule has 1 heterocycles. The van der Waals surface area contributed by atoms with Gasteiger partial charge in [-0.1, -0.05) is 66.7 Å². The van der Waals surface area contributed by atoms with Gasteiger partial charge in [-0.05, 0) is 56.2 Å². The van der Waals surface area contributed by atoms with Crippen LogP contribution >= 0.6 is 0 Å². The molecule has 0 saturated heterocycles. The van der Waals surface area contributed by atoms with Crippen molar-refractivity contribution < 1.29 is 19.4 Å². The molecule has 188 valence electrons. The molecule has 0 unspecified atom stereocenters. The second-order valence-corrected chi connectivity index (χ2v) is 8.57. The molecule has 0 fully saturated rings. The van der Waals surface area contributed by atoms with Crippen molar-refractivity contribution in [1.29, 1.82) is 0 Å². The minimum Gasteiger partial charge on any atom is -0.462 e. The van der Waals surface area contributed by atoms with Gasteiger partial charge in [0.15, 0.2) is 5.60 Å². The number of carbonyl (C=O) groups excluding carboxylic acids is 2. The Kier molecular flexibility index (Phi) is 7.65. The second-order valence-electron chi connectivity index (χ2n) is 8.57. The van der Waals surface area contributed by atoms with Crippen LogP contribution in [0.4, 0.5) is 0 Å². The molecular weight excluding hydrogens is 466 g/mol. The third-order valence-electron chi connectivity index (χ3n) is 6.17. The van der Waals surface area contributed by atoms with Crippen molar-refractivity contribution >= 4 is 18.1 Å². The lowest BCUT2D eigenvalue weighted by molar-refractivity contribution is -0.136. The molecule has 37 heavy (non-hydrogen) atoms. The minimum atomic E-state index is -1.91. The summed E-state index contributed by atoms with van der Waals surface area (Å²) in [5, 5.41) is 15.7. The largest absolute Gasteiger partial charge is 0.462 e. The lowest BCUT2D eigenvalue weighted by atomic mass is 9.85. The number of hydrogen-bond donors (Lipinski definition) is 2. The van der Waals surface area contributed by atoms with E-state index in [1.165, 1.54) is 0 Å². The summed E-state index contributed by atoms with van der Waals surface area (Å²) in [4.78, 5) is 25.4. The number of aromatic nitrogens is 1. The second kappa shape index (κ2) is 11.1. The highest BCUT2D eigenvalue weighted by Crippen LogP contribution is 2.30. The van der Waals surface area contributed by atoms with Crippen molar-refractivity contribution in [3.8, 4) is 5.69 Å².